The zero-order chi connectivity index (χ0) is 23.9. The van der Waals surface area contributed by atoms with E-state index >= 15 is 0 Å². The molecule has 35 heavy (non-hydrogen) atoms. The Morgan fingerprint density at radius 1 is 1.06 bits per heavy atom. The molecule has 1 aromatic heterocycles. The second-order valence-electron chi connectivity index (χ2n) is 9.50. The van der Waals surface area contributed by atoms with Crippen molar-refractivity contribution in [2.45, 2.75) is 49.2 Å². The first-order chi connectivity index (χ1) is 16.2. The van der Waals surface area contributed by atoms with Crippen molar-refractivity contribution >= 4 is 18.4 Å². The van der Waals surface area contributed by atoms with Crippen molar-refractivity contribution in [3.8, 4) is 0 Å². The molecule has 0 spiro atoms. The summed E-state index contributed by atoms with van der Waals surface area (Å²) in [4.78, 5) is 21.4. The average Bonchev–Trinajstić information content (AvgIpc) is 3.33. The first-order valence-corrected chi connectivity index (χ1v) is 11.6. The van der Waals surface area contributed by atoms with Crippen molar-refractivity contribution in [2.75, 3.05) is 39.4 Å². The van der Waals surface area contributed by atoms with Gasteiger partial charge in [0.15, 0.2) is 5.82 Å². The van der Waals surface area contributed by atoms with E-state index in [0.29, 0.717) is 57.5 Å². The minimum absolute atomic E-state index is 0. The van der Waals surface area contributed by atoms with Crippen LogP contribution in [-0.4, -0.2) is 65.4 Å². The molecule has 2 atom stereocenters. The first-order valence-electron chi connectivity index (χ1n) is 11.6. The third-order valence-electron chi connectivity index (χ3n) is 7.19. The largest absolute Gasteiger partial charge is 0.416 e. The van der Waals surface area contributed by atoms with Gasteiger partial charge in [-0.3, -0.25) is 0 Å². The maximum Gasteiger partial charge on any atom is 0.416 e. The fourth-order valence-corrected chi connectivity index (χ4v) is 4.96. The lowest BCUT2D eigenvalue weighted by Crippen LogP contribution is -2.52. The van der Waals surface area contributed by atoms with E-state index in [1.165, 1.54) is 12.1 Å². The van der Waals surface area contributed by atoms with Gasteiger partial charge in [-0.2, -0.15) is 18.2 Å². The van der Waals surface area contributed by atoms with Crippen LogP contribution < -0.4 is 5.73 Å². The van der Waals surface area contributed by atoms with Gasteiger partial charge in [0.05, 0.1) is 24.3 Å². The lowest BCUT2D eigenvalue weighted by Gasteiger charge is -2.40. The van der Waals surface area contributed by atoms with E-state index < -0.39 is 17.3 Å². The highest BCUT2D eigenvalue weighted by Gasteiger charge is 2.42. The molecule has 5 rings (SSSR count). The smallest absolute Gasteiger partial charge is 0.378 e. The quantitative estimate of drug-likeness (QED) is 0.666. The number of likely N-dealkylation sites (tertiary alicyclic amines) is 1. The Kier molecular flexibility index (Phi) is 7.31. The first kappa shape index (κ1) is 25.7. The van der Waals surface area contributed by atoms with Crippen molar-refractivity contribution in [3.05, 3.63) is 47.1 Å². The molecular weight excluding hydrogens is 487 g/mol. The molecule has 2 aliphatic heterocycles. The van der Waals surface area contributed by atoms with Crippen molar-refractivity contribution in [3.63, 3.8) is 0 Å². The molecular formula is C23H29ClF3N5O3. The molecule has 3 heterocycles. The van der Waals surface area contributed by atoms with Crippen LogP contribution in [0.4, 0.5) is 18.0 Å². The number of carbonyl (C=O) groups excluding carboxylic acids is 1. The molecule has 192 valence electrons. The SMILES string of the molecule is Cl.NC1(c2nc(C3CC(c4ccc(C(F)(F)F)cc4)CN(C(=O)N4CCOCC4)C3)no2)CCC1. The Labute approximate surface area is 207 Å². The average molecular weight is 516 g/mol. The van der Waals surface area contributed by atoms with Gasteiger partial charge < -0.3 is 24.8 Å². The number of alkyl halides is 3. The number of rotatable bonds is 3. The van der Waals surface area contributed by atoms with Gasteiger partial charge in [-0.05, 0) is 43.4 Å². The number of morpholine rings is 1. The second kappa shape index (κ2) is 9.94. The van der Waals surface area contributed by atoms with Crippen LogP contribution in [0.2, 0.25) is 0 Å². The van der Waals surface area contributed by atoms with Crippen LogP contribution in [0.25, 0.3) is 0 Å². The number of hydrogen-bond acceptors (Lipinski definition) is 6. The Morgan fingerprint density at radius 3 is 2.31 bits per heavy atom. The summed E-state index contributed by atoms with van der Waals surface area (Å²) in [5, 5.41) is 4.18. The van der Waals surface area contributed by atoms with Crippen molar-refractivity contribution in [1.29, 1.82) is 0 Å². The van der Waals surface area contributed by atoms with Crippen LogP contribution in [0.5, 0.6) is 0 Å². The van der Waals surface area contributed by atoms with Crippen LogP contribution >= 0.6 is 12.4 Å². The molecule has 1 saturated carbocycles. The Bertz CT molecular complexity index is 1020. The number of benzene rings is 1. The number of piperidine rings is 1. The summed E-state index contributed by atoms with van der Waals surface area (Å²) in [6.45, 7) is 2.80. The number of hydrogen-bond donors (Lipinski definition) is 1. The van der Waals surface area contributed by atoms with Gasteiger partial charge in [-0.15, -0.1) is 12.4 Å². The maximum absolute atomic E-state index is 13.3. The minimum atomic E-state index is -4.40. The van der Waals surface area contributed by atoms with Gasteiger partial charge >= 0.3 is 12.2 Å². The number of nitrogens with zero attached hydrogens (tertiary/aromatic N) is 4. The Hall–Kier alpha value is -2.37. The number of halogens is 4. The Balaban J connectivity index is 0.00000289. The molecule has 1 aliphatic carbocycles. The van der Waals surface area contributed by atoms with Crippen LogP contribution in [0, 0.1) is 0 Å². The lowest BCUT2D eigenvalue weighted by atomic mass is 9.77. The van der Waals surface area contributed by atoms with E-state index in [1.807, 2.05) is 0 Å². The summed E-state index contributed by atoms with van der Waals surface area (Å²) in [7, 11) is 0. The molecule has 12 heteroatoms. The molecule has 3 fully saturated rings. The number of carbonyl (C=O) groups is 1. The van der Waals surface area contributed by atoms with Crippen LogP contribution in [-0.2, 0) is 16.5 Å². The topological polar surface area (TPSA) is 97.7 Å². The predicted octanol–water partition coefficient (Wildman–Crippen LogP) is 3.87. The van der Waals surface area contributed by atoms with Crippen molar-refractivity contribution in [1.82, 2.24) is 19.9 Å². The van der Waals surface area contributed by atoms with Crippen LogP contribution in [0.15, 0.2) is 28.8 Å². The molecule has 0 radical (unpaired) electrons. The van der Waals surface area contributed by atoms with Crippen LogP contribution in [0.1, 0.15) is 60.4 Å². The molecule has 1 aromatic carbocycles. The summed E-state index contributed by atoms with van der Waals surface area (Å²) in [6, 6.07) is 5.07. The third-order valence-corrected chi connectivity index (χ3v) is 7.19. The summed E-state index contributed by atoms with van der Waals surface area (Å²) in [5.74, 6) is 0.523. The second-order valence-corrected chi connectivity index (χ2v) is 9.50. The molecule has 0 bridgehead atoms. The summed E-state index contributed by atoms with van der Waals surface area (Å²) in [5.41, 5.74) is 5.80. The zero-order valence-corrected chi connectivity index (χ0v) is 20.0. The highest BCUT2D eigenvalue weighted by molar-refractivity contribution is 5.85. The summed E-state index contributed by atoms with van der Waals surface area (Å²) < 4.78 is 50.0. The number of aromatic nitrogens is 2. The minimum Gasteiger partial charge on any atom is -0.378 e. The predicted molar refractivity (Wildman–Crippen MR) is 122 cm³/mol. The molecule has 3 aliphatic rings. The van der Waals surface area contributed by atoms with E-state index in [9.17, 15) is 18.0 Å². The van der Waals surface area contributed by atoms with Crippen LogP contribution in [0.3, 0.4) is 0 Å². The number of amides is 2. The van der Waals surface area contributed by atoms with Gasteiger partial charge in [0.25, 0.3) is 0 Å². The highest BCUT2D eigenvalue weighted by Crippen LogP contribution is 2.40. The molecule has 8 nitrogen and oxygen atoms in total. The van der Waals surface area contributed by atoms with Gasteiger partial charge in [0, 0.05) is 38.0 Å². The highest BCUT2D eigenvalue weighted by atomic mass is 35.5. The molecule has 2 N–H and O–H groups in total. The van der Waals surface area contributed by atoms with Gasteiger partial charge in [-0.25, -0.2) is 4.79 Å². The van der Waals surface area contributed by atoms with E-state index in [0.717, 1.165) is 37.0 Å². The van der Waals surface area contributed by atoms with Crippen molar-refractivity contribution in [2.24, 2.45) is 5.73 Å². The van der Waals surface area contributed by atoms with E-state index in [-0.39, 0.29) is 30.3 Å². The number of urea groups is 1. The van der Waals surface area contributed by atoms with E-state index in [2.05, 4.69) is 10.1 Å². The van der Waals surface area contributed by atoms with Gasteiger partial charge in [0.2, 0.25) is 5.89 Å². The Morgan fingerprint density at radius 2 is 1.71 bits per heavy atom. The van der Waals surface area contributed by atoms with E-state index in [4.69, 9.17) is 15.0 Å². The summed E-state index contributed by atoms with van der Waals surface area (Å²) >= 11 is 0. The summed E-state index contributed by atoms with van der Waals surface area (Å²) in [6.07, 6.45) is -1.22. The molecule has 2 aromatic rings. The number of nitrogens with two attached hydrogens (primary N) is 1. The zero-order valence-electron chi connectivity index (χ0n) is 19.2. The lowest BCUT2D eigenvalue weighted by molar-refractivity contribution is -0.137. The molecule has 2 amide bonds. The number of ether oxygens (including phenoxy) is 1. The molecule has 2 saturated heterocycles. The standard InChI is InChI=1S/C23H28F3N5O3.ClH/c24-23(25,26)18-4-2-15(3-5-18)16-12-17(19-28-20(34-29-19)22(27)6-1-7-22)14-31(13-16)21(32)30-8-10-33-11-9-30;/h2-5,16-17H,1,6-14,27H2;1H. The fourth-order valence-electron chi connectivity index (χ4n) is 4.96. The third kappa shape index (κ3) is 5.26. The van der Waals surface area contributed by atoms with Gasteiger partial charge in [-0.1, -0.05) is 17.3 Å². The van der Waals surface area contributed by atoms with Gasteiger partial charge in [0.1, 0.15) is 0 Å². The monoisotopic (exact) mass is 515 g/mol. The van der Waals surface area contributed by atoms with E-state index in [1.54, 1.807) is 9.80 Å². The van der Waals surface area contributed by atoms with Crippen molar-refractivity contribution < 1.29 is 27.2 Å². The normalized spacial score (nSPS) is 24.5. The molecule has 2 unspecified atom stereocenters. The maximum atomic E-state index is 13.3. The fraction of sp³-hybridized carbons (Fsp3) is 0.609.